The van der Waals surface area contributed by atoms with Crippen molar-refractivity contribution in [2.45, 2.75) is 0 Å². The number of rotatable bonds is 1. The number of para-hydroxylation sites is 1. The van der Waals surface area contributed by atoms with Gasteiger partial charge in [-0.05, 0) is 24.3 Å². The molecule has 21 heavy (non-hydrogen) atoms. The molecule has 0 unspecified atom stereocenters. The average Bonchev–Trinajstić information content (AvgIpc) is 2.92. The highest BCUT2D eigenvalue weighted by molar-refractivity contribution is 6.32. The van der Waals surface area contributed by atoms with Crippen LogP contribution in [0.2, 0.25) is 0 Å². The summed E-state index contributed by atoms with van der Waals surface area (Å²) in [7, 11) is 1.53. The van der Waals surface area contributed by atoms with Gasteiger partial charge in [0.15, 0.2) is 5.78 Å². The van der Waals surface area contributed by atoms with Gasteiger partial charge in [-0.25, -0.2) is 0 Å². The maximum atomic E-state index is 12.7. The summed E-state index contributed by atoms with van der Waals surface area (Å²) < 4.78 is 5.14. The number of ketones is 2. The molecule has 1 aromatic heterocycles. The molecule has 102 valence electrons. The van der Waals surface area contributed by atoms with Crippen molar-refractivity contribution < 1.29 is 14.3 Å². The van der Waals surface area contributed by atoms with Gasteiger partial charge in [0.1, 0.15) is 5.75 Å². The molecule has 0 atom stereocenters. The highest BCUT2D eigenvalue weighted by atomic mass is 16.5. The molecule has 4 rings (SSSR count). The summed E-state index contributed by atoms with van der Waals surface area (Å²) in [4.78, 5) is 28.4. The first-order valence-corrected chi connectivity index (χ1v) is 6.59. The van der Waals surface area contributed by atoms with E-state index < -0.39 is 0 Å². The molecular formula is C17H11NO3. The minimum absolute atomic E-state index is 0.125. The minimum Gasteiger partial charge on any atom is -0.497 e. The van der Waals surface area contributed by atoms with Gasteiger partial charge in [0, 0.05) is 22.0 Å². The second-order valence-electron chi connectivity index (χ2n) is 4.99. The number of methoxy groups -OCH3 is 1. The van der Waals surface area contributed by atoms with Crippen molar-refractivity contribution in [3.05, 3.63) is 64.8 Å². The van der Waals surface area contributed by atoms with Gasteiger partial charge in [-0.2, -0.15) is 0 Å². The van der Waals surface area contributed by atoms with Crippen LogP contribution >= 0.6 is 0 Å². The molecule has 4 heteroatoms. The number of aromatic nitrogens is 1. The summed E-state index contributed by atoms with van der Waals surface area (Å²) >= 11 is 0. The summed E-state index contributed by atoms with van der Waals surface area (Å²) in [5, 5.41) is 0.785. The van der Waals surface area contributed by atoms with Crippen LogP contribution in [0, 0.1) is 0 Å². The summed E-state index contributed by atoms with van der Waals surface area (Å²) in [6.07, 6.45) is 0. The molecule has 3 aromatic rings. The number of aromatic amines is 1. The molecule has 0 saturated carbocycles. The number of carbonyl (C=O) groups is 2. The highest BCUT2D eigenvalue weighted by Gasteiger charge is 2.33. The van der Waals surface area contributed by atoms with Crippen molar-refractivity contribution in [2.24, 2.45) is 0 Å². The van der Waals surface area contributed by atoms with Crippen molar-refractivity contribution >= 4 is 22.5 Å². The molecule has 0 fully saturated rings. The van der Waals surface area contributed by atoms with E-state index in [0.29, 0.717) is 28.1 Å². The number of benzene rings is 2. The molecule has 4 nitrogen and oxygen atoms in total. The third-order valence-electron chi connectivity index (χ3n) is 3.88. The Morgan fingerprint density at radius 3 is 2.57 bits per heavy atom. The van der Waals surface area contributed by atoms with Crippen LogP contribution in [0.1, 0.15) is 32.0 Å². The number of H-pyrrole nitrogens is 1. The third kappa shape index (κ3) is 1.50. The van der Waals surface area contributed by atoms with E-state index >= 15 is 0 Å². The Kier molecular flexibility index (Phi) is 2.30. The molecule has 0 spiro atoms. The third-order valence-corrected chi connectivity index (χ3v) is 3.88. The molecule has 1 N–H and O–H groups in total. The van der Waals surface area contributed by atoms with Crippen LogP contribution in [0.15, 0.2) is 42.5 Å². The molecule has 0 saturated heterocycles. The first-order chi connectivity index (χ1) is 10.2. The molecule has 1 aliphatic carbocycles. The average molecular weight is 277 g/mol. The lowest BCUT2D eigenvalue weighted by atomic mass is 9.87. The first-order valence-electron chi connectivity index (χ1n) is 6.59. The fourth-order valence-corrected chi connectivity index (χ4v) is 2.85. The molecule has 0 amide bonds. The van der Waals surface area contributed by atoms with Gasteiger partial charge in [0.05, 0.1) is 18.4 Å². The first kappa shape index (κ1) is 11.9. The number of hydrogen-bond acceptors (Lipinski definition) is 3. The zero-order valence-corrected chi connectivity index (χ0v) is 11.3. The normalized spacial score (nSPS) is 13.2. The van der Waals surface area contributed by atoms with Crippen LogP contribution < -0.4 is 4.74 Å². The Bertz CT molecular complexity index is 921. The maximum Gasteiger partial charge on any atom is 0.210 e. The zero-order valence-electron chi connectivity index (χ0n) is 11.3. The van der Waals surface area contributed by atoms with Crippen LogP contribution in [0.3, 0.4) is 0 Å². The van der Waals surface area contributed by atoms with Crippen molar-refractivity contribution in [3.8, 4) is 5.75 Å². The maximum absolute atomic E-state index is 12.7. The van der Waals surface area contributed by atoms with Crippen molar-refractivity contribution in [1.29, 1.82) is 0 Å². The van der Waals surface area contributed by atoms with Crippen LogP contribution in [-0.4, -0.2) is 23.7 Å². The van der Waals surface area contributed by atoms with Crippen LogP contribution in [0.5, 0.6) is 5.75 Å². The van der Waals surface area contributed by atoms with Crippen molar-refractivity contribution in [3.63, 3.8) is 0 Å². The molecule has 2 aromatic carbocycles. The van der Waals surface area contributed by atoms with Gasteiger partial charge in [-0.3, -0.25) is 9.59 Å². The lowest BCUT2D eigenvalue weighted by Gasteiger charge is -2.15. The van der Waals surface area contributed by atoms with Gasteiger partial charge in [-0.1, -0.05) is 18.2 Å². The van der Waals surface area contributed by atoms with Crippen molar-refractivity contribution in [1.82, 2.24) is 4.98 Å². The standard InChI is InChI=1S/C17H11NO3/c1-21-9-6-7-10-12(8-9)17(20)15-14(16(10)19)11-4-2-3-5-13(11)18-15/h2-8,18H,1H3. The van der Waals surface area contributed by atoms with Crippen LogP contribution in [-0.2, 0) is 0 Å². The van der Waals surface area contributed by atoms with E-state index in [9.17, 15) is 9.59 Å². The van der Waals surface area contributed by atoms with E-state index in [1.807, 2.05) is 24.3 Å². The molecule has 1 heterocycles. The van der Waals surface area contributed by atoms with E-state index in [2.05, 4.69) is 4.98 Å². The fourth-order valence-electron chi connectivity index (χ4n) is 2.85. The summed E-state index contributed by atoms with van der Waals surface area (Å²) in [6, 6.07) is 12.4. The number of ether oxygens (including phenoxy) is 1. The zero-order chi connectivity index (χ0) is 14.6. The van der Waals surface area contributed by atoms with E-state index in [1.54, 1.807) is 18.2 Å². The van der Waals surface area contributed by atoms with E-state index in [0.717, 1.165) is 10.9 Å². The summed E-state index contributed by atoms with van der Waals surface area (Å²) in [5.74, 6) is 0.267. The van der Waals surface area contributed by atoms with Gasteiger partial charge in [0.25, 0.3) is 0 Å². The number of nitrogens with one attached hydrogen (secondary N) is 1. The largest absolute Gasteiger partial charge is 0.497 e. The van der Waals surface area contributed by atoms with Gasteiger partial charge < -0.3 is 9.72 Å². The highest BCUT2D eigenvalue weighted by Crippen LogP contribution is 2.33. The van der Waals surface area contributed by atoms with E-state index in [-0.39, 0.29) is 11.6 Å². The van der Waals surface area contributed by atoms with Gasteiger partial charge in [0.2, 0.25) is 5.78 Å². The second-order valence-corrected chi connectivity index (χ2v) is 4.99. The number of carbonyl (C=O) groups excluding carboxylic acids is 2. The predicted molar refractivity (Wildman–Crippen MR) is 78.2 cm³/mol. The monoisotopic (exact) mass is 277 g/mol. The second kappa shape index (κ2) is 4.06. The minimum atomic E-state index is -0.172. The quantitative estimate of drug-likeness (QED) is 0.582. The molecule has 0 radical (unpaired) electrons. The summed E-state index contributed by atoms with van der Waals surface area (Å²) in [5.41, 5.74) is 2.44. The van der Waals surface area contributed by atoms with E-state index in [1.165, 1.54) is 7.11 Å². The molecule has 0 aliphatic heterocycles. The molecular weight excluding hydrogens is 266 g/mol. The van der Waals surface area contributed by atoms with E-state index in [4.69, 9.17) is 4.74 Å². The van der Waals surface area contributed by atoms with Gasteiger partial charge >= 0.3 is 0 Å². The Hall–Kier alpha value is -2.88. The summed E-state index contributed by atoms with van der Waals surface area (Å²) in [6.45, 7) is 0. The Morgan fingerprint density at radius 2 is 1.76 bits per heavy atom. The van der Waals surface area contributed by atoms with Crippen LogP contribution in [0.25, 0.3) is 10.9 Å². The smallest absolute Gasteiger partial charge is 0.210 e. The van der Waals surface area contributed by atoms with Crippen LogP contribution in [0.4, 0.5) is 0 Å². The number of fused-ring (bicyclic) bond motifs is 4. The Labute approximate surface area is 120 Å². The molecule has 0 bridgehead atoms. The number of hydrogen-bond donors (Lipinski definition) is 1. The topological polar surface area (TPSA) is 59.2 Å². The molecule has 1 aliphatic rings. The lowest BCUT2D eigenvalue weighted by Crippen LogP contribution is -2.20. The van der Waals surface area contributed by atoms with Crippen molar-refractivity contribution in [2.75, 3.05) is 7.11 Å². The van der Waals surface area contributed by atoms with Gasteiger partial charge in [-0.15, -0.1) is 0 Å². The Balaban J connectivity index is 2.05. The lowest BCUT2D eigenvalue weighted by molar-refractivity contribution is 0.0977. The predicted octanol–water partition coefficient (Wildman–Crippen LogP) is 2.95. The Morgan fingerprint density at radius 1 is 0.952 bits per heavy atom. The fraction of sp³-hybridized carbons (Fsp3) is 0.0588. The SMILES string of the molecule is COc1ccc2c(c1)C(=O)c1[nH]c3ccccc3c1C2=O.